The first-order chi connectivity index (χ1) is 13.4. The summed E-state index contributed by atoms with van der Waals surface area (Å²) in [5.74, 6) is -0.0212. The van der Waals surface area contributed by atoms with Crippen molar-refractivity contribution in [3.05, 3.63) is 57.6 Å². The summed E-state index contributed by atoms with van der Waals surface area (Å²) in [6.45, 7) is 11.9. The number of nitrogens with zero attached hydrogens (tertiary/aromatic N) is 3. The molecule has 0 spiro atoms. The van der Waals surface area contributed by atoms with Gasteiger partial charge in [0.05, 0.1) is 15.8 Å². The second kappa shape index (κ2) is 9.16. The van der Waals surface area contributed by atoms with Gasteiger partial charge < -0.3 is 4.90 Å². The highest BCUT2D eigenvalue weighted by atomic mass is 79.9. The Morgan fingerprint density at radius 3 is 2.43 bits per heavy atom. The second-order valence-corrected chi connectivity index (χ2v) is 8.73. The molecule has 1 amide bonds. The number of halogens is 1. The average molecular weight is 460 g/mol. The van der Waals surface area contributed by atoms with Crippen molar-refractivity contribution < 1.29 is 4.79 Å². The molecule has 0 bridgehead atoms. The van der Waals surface area contributed by atoms with Gasteiger partial charge in [0.25, 0.3) is 5.91 Å². The third-order valence-corrected chi connectivity index (χ3v) is 6.84. The van der Waals surface area contributed by atoms with Crippen LogP contribution in [0.4, 0.5) is 5.13 Å². The largest absolute Gasteiger partial charge is 0.302 e. The normalized spacial score (nSPS) is 11.4. The maximum atomic E-state index is 13.4. The van der Waals surface area contributed by atoms with Gasteiger partial charge in [0.15, 0.2) is 5.13 Å². The molecule has 0 aliphatic heterocycles. The Morgan fingerprint density at radius 2 is 1.75 bits per heavy atom. The number of likely N-dealkylation sites (N-methyl/N-ethyl adjacent to an activating group) is 1. The summed E-state index contributed by atoms with van der Waals surface area (Å²) >= 11 is 5.11. The van der Waals surface area contributed by atoms with Crippen LogP contribution < -0.4 is 4.90 Å². The molecule has 3 rings (SSSR count). The number of hydrogen-bond acceptors (Lipinski definition) is 4. The predicted octanol–water partition coefficient (Wildman–Crippen LogP) is 5.66. The molecule has 4 nitrogen and oxygen atoms in total. The van der Waals surface area contributed by atoms with E-state index in [0.717, 1.165) is 39.5 Å². The summed E-state index contributed by atoms with van der Waals surface area (Å²) in [4.78, 5) is 22.4. The van der Waals surface area contributed by atoms with E-state index in [4.69, 9.17) is 4.98 Å². The first-order valence-electron chi connectivity index (χ1n) is 9.61. The van der Waals surface area contributed by atoms with E-state index in [0.29, 0.717) is 12.1 Å². The van der Waals surface area contributed by atoms with Crippen molar-refractivity contribution in [1.82, 2.24) is 9.88 Å². The summed E-state index contributed by atoms with van der Waals surface area (Å²) < 4.78 is 1.92. The fourth-order valence-electron chi connectivity index (χ4n) is 3.13. The van der Waals surface area contributed by atoms with Crippen LogP contribution >= 0.6 is 27.3 Å². The van der Waals surface area contributed by atoms with Crippen LogP contribution in [0, 0.1) is 13.8 Å². The lowest BCUT2D eigenvalue weighted by atomic mass is 10.1. The Labute approximate surface area is 179 Å². The van der Waals surface area contributed by atoms with E-state index >= 15 is 0 Å². The summed E-state index contributed by atoms with van der Waals surface area (Å²) in [6.07, 6.45) is 0. The number of amides is 1. The number of carbonyl (C=O) groups is 1. The number of fused-ring (bicyclic) bond motifs is 1. The molecule has 1 aromatic heterocycles. The van der Waals surface area contributed by atoms with Gasteiger partial charge in [-0.25, -0.2) is 4.98 Å². The van der Waals surface area contributed by atoms with Crippen LogP contribution in [0.5, 0.6) is 0 Å². The van der Waals surface area contributed by atoms with E-state index in [1.807, 2.05) is 29.2 Å². The van der Waals surface area contributed by atoms with Crippen LogP contribution in [-0.4, -0.2) is 42.0 Å². The van der Waals surface area contributed by atoms with Crippen molar-refractivity contribution in [3.8, 4) is 0 Å². The fourth-order valence-corrected chi connectivity index (χ4v) is 4.65. The molecule has 0 radical (unpaired) electrons. The molecule has 3 aromatic rings. The number of thiazole rings is 1. The van der Waals surface area contributed by atoms with Crippen LogP contribution in [0.1, 0.15) is 35.3 Å². The van der Waals surface area contributed by atoms with Crippen LogP contribution in [0.2, 0.25) is 0 Å². The monoisotopic (exact) mass is 459 g/mol. The van der Waals surface area contributed by atoms with E-state index in [1.54, 1.807) is 11.3 Å². The molecule has 6 heteroatoms. The Morgan fingerprint density at radius 1 is 1.07 bits per heavy atom. The number of benzene rings is 2. The van der Waals surface area contributed by atoms with Crippen molar-refractivity contribution in [1.29, 1.82) is 0 Å². The molecule has 2 aromatic carbocycles. The van der Waals surface area contributed by atoms with Crippen LogP contribution in [0.15, 0.2) is 40.9 Å². The second-order valence-electron chi connectivity index (χ2n) is 6.86. The van der Waals surface area contributed by atoms with Gasteiger partial charge in [-0.2, -0.15) is 0 Å². The number of aromatic nitrogens is 1. The highest BCUT2D eigenvalue weighted by Gasteiger charge is 2.23. The molecule has 0 atom stereocenters. The van der Waals surface area contributed by atoms with Gasteiger partial charge in [-0.05, 0) is 78.3 Å². The highest BCUT2D eigenvalue weighted by Crippen LogP contribution is 2.32. The van der Waals surface area contributed by atoms with Crippen molar-refractivity contribution >= 4 is 48.5 Å². The lowest BCUT2D eigenvalue weighted by molar-refractivity contribution is 0.0983. The maximum absolute atomic E-state index is 13.4. The molecule has 0 N–H and O–H groups in total. The molecule has 0 fully saturated rings. The number of anilines is 1. The van der Waals surface area contributed by atoms with Crippen molar-refractivity contribution in [2.45, 2.75) is 27.7 Å². The zero-order valence-electron chi connectivity index (χ0n) is 16.8. The lowest BCUT2D eigenvalue weighted by Gasteiger charge is -2.25. The van der Waals surface area contributed by atoms with Crippen molar-refractivity contribution in [3.63, 3.8) is 0 Å². The highest BCUT2D eigenvalue weighted by molar-refractivity contribution is 9.10. The number of aryl methyl sites for hydroxylation is 2. The summed E-state index contributed by atoms with van der Waals surface area (Å²) in [6, 6.07) is 11.8. The first-order valence-corrected chi connectivity index (χ1v) is 11.2. The Kier molecular flexibility index (Phi) is 6.86. The Bertz CT molecular complexity index is 942. The minimum Gasteiger partial charge on any atom is -0.302 e. The van der Waals surface area contributed by atoms with Gasteiger partial charge in [-0.15, -0.1) is 0 Å². The topological polar surface area (TPSA) is 36.4 Å². The standard InChI is InChI=1S/C22H26BrN3OS/c1-5-25(6-2)11-12-26(21(27)17-9-7-8-10-18(17)23)22-24-19-13-15(3)16(4)14-20(19)28-22/h7-10,13-14H,5-6,11-12H2,1-4H3. The molecule has 0 saturated heterocycles. The van der Waals surface area contributed by atoms with Crippen LogP contribution in [0.3, 0.4) is 0 Å². The van der Waals surface area contributed by atoms with Crippen molar-refractivity contribution in [2.24, 2.45) is 0 Å². The zero-order chi connectivity index (χ0) is 20.3. The molecule has 1 heterocycles. The number of rotatable bonds is 7. The van der Waals surface area contributed by atoms with E-state index in [1.165, 1.54) is 11.1 Å². The molecular weight excluding hydrogens is 434 g/mol. The summed E-state index contributed by atoms with van der Waals surface area (Å²) in [5.41, 5.74) is 4.08. The third kappa shape index (κ3) is 4.45. The number of carbonyl (C=O) groups excluding carboxylic acids is 1. The molecule has 148 valence electrons. The van der Waals surface area contributed by atoms with E-state index in [2.05, 4.69) is 60.7 Å². The van der Waals surface area contributed by atoms with Gasteiger partial charge in [0, 0.05) is 17.6 Å². The zero-order valence-corrected chi connectivity index (χ0v) is 19.2. The third-order valence-electron chi connectivity index (χ3n) is 5.11. The van der Waals surface area contributed by atoms with Gasteiger partial charge in [-0.3, -0.25) is 9.69 Å². The first kappa shape index (κ1) is 21.0. The van der Waals surface area contributed by atoms with Crippen LogP contribution in [0.25, 0.3) is 10.2 Å². The van der Waals surface area contributed by atoms with E-state index < -0.39 is 0 Å². The Hall–Kier alpha value is -1.76. The molecule has 0 saturated carbocycles. The molecule has 28 heavy (non-hydrogen) atoms. The van der Waals surface area contributed by atoms with Gasteiger partial charge >= 0.3 is 0 Å². The number of hydrogen-bond donors (Lipinski definition) is 0. The predicted molar refractivity (Wildman–Crippen MR) is 123 cm³/mol. The van der Waals surface area contributed by atoms with Gasteiger partial charge in [0.1, 0.15) is 0 Å². The van der Waals surface area contributed by atoms with Crippen molar-refractivity contribution in [2.75, 3.05) is 31.1 Å². The maximum Gasteiger partial charge on any atom is 0.261 e. The van der Waals surface area contributed by atoms with Gasteiger partial charge in [-0.1, -0.05) is 37.3 Å². The molecule has 0 aliphatic rings. The van der Waals surface area contributed by atoms with Crippen LogP contribution in [-0.2, 0) is 0 Å². The Balaban J connectivity index is 2.00. The molecule has 0 aliphatic carbocycles. The van der Waals surface area contributed by atoms with E-state index in [-0.39, 0.29) is 5.91 Å². The minimum atomic E-state index is -0.0212. The smallest absolute Gasteiger partial charge is 0.261 e. The minimum absolute atomic E-state index is 0.0212. The summed E-state index contributed by atoms with van der Waals surface area (Å²) in [5, 5.41) is 0.757. The van der Waals surface area contributed by atoms with Gasteiger partial charge in [0.2, 0.25) is 0 Å². The molecule has 0 unspecified atom stereocenters. The molecular formula is C22H26BrN3OS. The SMILES string of the molecule is CCN(CC)CCN(C(=O)c1ccccc1Br)c1nc2cc(C)c(C)cc2s1. The lowest BCUT2D eigenvalue weighted by Crippen LogP contribution is -2.39. The quantitative estimate of drug-likeness (QED) is 0.456. The average Bonchev–Trinajstić information content (AvgIpc) is 3.08. The van der Waals surface area contributed by atoms with E-state index in [9.17, 15) is 4.79 Å². The summed E-state index contributed by atoms with van der Waals surface area (Å²) in [7, 11) is 0. The fraction of sp³-hybridized carbons (Fsp3) is 0.364.